The van der Waals surface area contributed by atoms with Crippen molar-refractivity contribution in [3.05, 3.63) is 29.8 Å². The Balaban J connectivity index is 1.97. The summed E-state index contributed by atoms with van der Waals surface area (Å²) in [6.45, 7) is 2.96. The Kier molecular flexibility index (Phi) is 5.11. The minimum absolute atomic E-state index is 0.347. The molecule has 0 N–H and O–H groups in total. The van der Waals surface area contributed by atoms with Gasteiger partial charge in [-0.05, 0) is 37.5 Å². The van der Waals surface area contributed by atoms with E-state index in [0.717, 1.165) is 17.7 Å². The van der Waals surface area contributed by atoms with E-state index in [9.17, 15) is 0 Å². The fourth-order valence-corrected chi connectivity index (χ4v) is 3.46. The number of halogens is 1. The summed E-state index contributed by atoms with van der Waals surface area (Å²) in [4.78, 5) is 0. The molecule has 1 saturated carbocycles. The summed E-state index contributed by atoms with van der Waals surface area (Å²) >= 11 is 3.71. The number of hydrogen-bond donors (Lipinski definition) is 0. The predicted octanol–water partition coefficient (Wildman–Crippen LogP) is 5.11. The van der Waals surface area contributed by atoms with Crippen molar-refractivity contribution in [2.45, 2.75) is 45.4 Å². The van der Waals surface area contributed by atoms with E-state index in [4.69, 9.17) is 4.74 Å². The zero-order valence-corrected chi connectivity index (χ0v) is 12.8. The van der Waals surface area contributed by atoms with Gasteiger partial charge in [-0.1, -0.05) is 53.7 Å². The second-order valence-electron chi connectivity index (χ2n) is 5.65. The molecule has 0 saturated heterocycles. The maximum absolute atomic E-state index is 6.05. The lowest BCUT2D eigenvalue weighted by Crippen LogP contribution is -2.29. The molecule has 0 bridgehead atoms. The summed E-state index contributed by atoms with van der Waals surface area (Å²) in [6.07, 6.45) is 8.07. The van der Waals surface area contributed by atoms with Crippen LogP contribution in [0.4, 0.5) is 0 Å². The molecule has 1 aromatic rings. The van der Waals surface area contributed by atoms with E-state index in [1.807, 2.05) is 0 Å². The van der Waals surface area contributed by atoms with Gasteiger partial charge in [-0.25, -0.2) is 0 Å². The van der Waals surface area contributed by atoms with Crippen LogP contribution in [0.15, 0.2) is 24.3 Å². The number of ether oxygens (including phenoxy) is 1. The molecule has 0 unspecified atom stereocenters. The van der Waals surface area contributed by atoms with Gasteiger partial charge in [-0.2, -0.15) is 0 Å². The van der Waals surface area contributed by atoms with Crippen molar-refractivity contribution in [3.8, 4) is 5.75 Å². The molecule has 2 rings (SSSR count). The molecule has 0 spiro atoms. The largest absolute Gasteiger partial charge is 0.493 e. The lowest BCUT2D eigenvalue weighted by Gasteiger charge is -2.30. The van der Waals surface area contributed by atoms with Crippen molar-refractivity contribution in [1.29, 1.82) is 0 Å². The number of alkyl halides is 1. The zero-order valence-electron chi connectivity index (χ0n) is 11.3. The van der Waals surface area contributed by atoms with Gasteiger partial charge in [-0.15, -0.1) is 0 Å². The van der Waals surface area contributed by atoms with E-state index in [1.165, 1.54) is 44.1 Å². The molecule has 0 amide bonds. The first-order valence-electron chi connectivity index (χ1n) is 7.00. The topological polar surface area (TPSA) is 9.23 Å². The summed E-state index contributed by atoms with van der Waals surface area (Å²) < 4.78 is 6.05. The van der Waals surface area contributed by atoms with Crippen molar-refractivity contribution in [2.24, 2.45) is 5.41 Å². The number of benzene rings is 1. The number of aryl methyl sites for hydroxylation is 1. The van der Waals surface area contributed by atoms with Crippen LogP contribution in [-0.4, -0.2) is 11.9 Å². The highest BCUT2D eigenvalue weighted by atomic mass is 79.9. The van der Waals surface area contributed by atoms with Gasteiger partial charge in [0.05, 0.1) is 6.61 Å². The summed E-state index contributed by atoms with van der Waals surface area (Å²) in [5, 5.41) is 1.06. The first kappa shape index (κ1) is 13.9. The van der Waals surface area contributed by atoms with Crippen LogP contribution in [0.25, 0.3) is 0 Å². The summed E-state index contributed by atoms with van der Waals surface area (Å²) in [6, 6.07) is 8.36. The molecule has 1 aromatic carbocycles. The van der Waals surface area contributed by atoms with Crippen LogP contribution in [0, 0.1) is 12.3 Å². The normalized spacial score (nSPS) is 19.2. The molecular formula is C16H23BrO. The van der Waals surface area contributed by atoms with E-state index >= 15 is 0 Å². The lowest BCUT2D eigenvalue weighted by molar-refractivity contribution is 0.149. The van der Waals surface area contributed by atoms with Crippen molar-refractivity contribution in [3.63, 3.8) is 0 Å². The van der Waals surface area contributed by atoms with Crippen LogP contribution < -0.4 is 4.74 Å². The quantitative estimate of drug-likeness (QED) is 0.554. The number of rotatable bonds is 4. The molecule has 0 heterocycles. The standard InChI is InChI=1S/C16H23BrO/c1-14-7-6-8-15(11-14)18-13-16(12-17)9-4-2-3-5-10-16/h6-8,11H,2-5,9-10,12-13H2,1H3. The highest BCUT2D eigenvalue weighted by molar-refractivity contribution is 9.09. The van der Waals surface area contributed by atoms with Crippen LogP contribution in [0.5, 0.6) is 5.75 Å². The molecule has 0 aromatic heterocycles. The van der Waals surface area contributed by atoms with Gasteiger partial charge in [0.15, 0.2) is 0 Å². The average molecular weight is 311 g/mol. The molecule has 2 heteroatoms. The minimum atomic E-state index is 0.347. The second-order valence-corrected chi connectivity index (χ2v) is 6.21. The van der Waals surface area contributed by atoms with Crippen molar-refractivity contribution < 1.29 is 4.74 Å². The van der Waals surface area contributed by atoms with Gasteiger partial charge in [0.1, 0.15) is 5.75 Å². The molecule has 0 atom stereocenters. The van der Waals surface area contributed by atoms with E-state index < -0.39 is 0 Å². The molecule has 1 aliphatic rings. The molecule has 1 nitrogen and oxygen atoms in total. The first-order chi connectivity index (χ1) is 8.74. The molecule has 18 heavy (non-hydrogen) atoms. The molecule has 0 aliphatic heterocycles. The average Bonchev–Trinajstić information content (AvgIpc) is 2.63. The Bertz CT molecular complexity index is 367. The van der Waals surface area contributed by atoms with E-state index in [0.29, 0.717) is 5.41 Å². The predicted molar refractivity (Wildman–Crippen MR) is 80.6 cm³/mol. The maximum Gasteiger partial charge on any atom is 0.119 e. The molecular weight excluding hydrogens is 288 g/mol. The van der Waals surface area contributed by atoms with Gasteiger partial charge in [0.25, 0.3) is 0 Å². The van der Waals surface area contributed by atoms with Gasteiger partial charge in [-0.3, -0.25) is 0 Å². The Hall–Kier alpha value is -0.500. The van der Waals surface area contributed by atoms with Gasteiger partial charge >= 0.3 is 0 Å². The highest BCUT2D eigenvalue weighted by Crippen LogP contribution is 2.37. The van der Waals surface area contributed by atoms with Crippen LogP contribution in [0.2, 0.25) is 0 Å². The Morgan fingerprint density at radius 3 is 2.50 bits per heavy atom. The van der Waals surface area contributed by atoms with Gasteiger partial charge in [0.2, 0.25) is 0 Å². The van der Waals surface area contributed by atoms with Crippen LogP contribution >= 0.6 is 15.9 Å². The lowest BCUT2D eigenvalue weighted by atomic mass is 9.83. The third-order valence-electron chi connectivity index (χ3n) is 3.98. The summed E-state index contributed by atoms with van der Waals surface area (Å²) in [5.41, 5.74) is 1.61. The Morgan fingerprint density at radius 2 is 1.89 bits per heavy atom. The van der Waals surface area contributed by atoms with Crippen LogP contribution in [0.3, 0.4) is 0 Å². The first-order valence-corrected chi connectivity index (χ1v) is 8.12. The monoisotopic (exact) mass is 310 g/mol. The van der Waals surface area contributed by atoms with E-state index in [2.05, 4.69) is 47.1 Å². The molecule has 0 radical (unpaired) electrons. The summed E-state index contributed by atoms with van der Waals surface area (Å²) in [7, 11) is 0. The minimum Gasteiger partial charge on any atom is -0.493 e. The third-order valence-corrected chi connectivity index (χ3v) is 5.17. The zero-order chi connectivity index (χ0) is 12.8. The van der Waals surface area contributed by atoms with Gasteiger partial charge in [0, 0.05) is 10.7 Å². The van der Waals surface area contributed by atoms with Crippen molar-refractivity contribution in [2.75, 3.05) is 11.9 Å². The molecule has 1 aliphatic carbocycles. The van der Waals surface area contributed by atoms with Gasteiger partial charge < -0.3 is 4.74 Å². The fraction of sp³-hybridized carbons (Fsp3) is 0.625. The summed E-state index contributed by atoms with van der Waals surface area (Å²) in [5.74, 6) is 1.01. The highest BCUT2D eigenvalue weighted by Gasteiger charge is 2.30. The fourth-order valence-electron chi connectivity index (χ4n) is 2.74. The second kappa shape index (κ2) is 6.60. The SMILES string of the molecule is Cc1cccc(OCC2(CBr)CCCCCC2)c1. The molecule has 100 valence electrons. The number of hydrogen-bond acceptors (Lipinski definition) is 1. The smallest absolute Gasteiger partial charge is 0.119 e. The van der Waals surface area contributed by atoms with E-state index in [1.54, 1.807) is 0 Å². The van der Waals surface area contributed by atoms with E-state index in [-0.39, 0.29) is 0 Å². The van der Waals surface area contributed by atoms with Crippen LogP contribution in [0.1, 0.15) is 44.1 Å². The van der Waals surface area contributed by atoms with Crippen molar-refractivity contribution >= 4 is 15.9 Å². The molecule has 1 fully saturated rings. The Labute approximate surface area is 119 Å². The third kappa shape index (κ3) is 3.74. The Morgan fingerprint density at radius 1 is 1.17 bits per heavy atom. The maximum atomic E-state index is 6.05. The van der Waals surface area contributed by atoms with Crippen LogP contribution in [-0.2, 0) is 0 Å². The van der Waals surface area contributed by atoms with Crippen molar-refractivity contribution in [1.82, 2.24) is 0 Å².